The zero-order chi connectivity index (χ0) is 24.7. The van der Waals surface area contributed by atoms with Crippen LogP contribution in [0.15, 0.2) is 71.8 Å². The maximum absolute atomic E-state index is 13.0. The molecule has 8 nitrogen and oxygen atoms in total. The molecule has 1 aliphatic rings. The first kappa shape index (κ1) is 25.0. The number of aromatic nitrogens is 1. The van der Waals surface area contributed by atoms with Crippen LogP contribution in [0.25, 0.3) is 11.3 Å². The first-order chi connectivity index (χ1) is 17.0. The Morgan fingerprint density at radius 2 is 1.83 bits per heavy atom. The first-order valence-corrected chi connectivity index (χ1v) is 13.1. The first-order valence-electron chi connectivity index (χ1n) is 11.7. The van der Waals surface area contributed by atoms with Gasteiger partial charge < -0.3 is 14.2 Å². The number of nitrogens with one attached hydrogen (secondary N) is 1. The molecule has 9 heteroatoms. The molecule has 0 radical (unpaired) electrons. The van der Waals surface area contributed by atoms with Crippen LogP contribution < -0.4 is 19.0 Å². The van der Waals surface area contributed by atoms with Crippen molar-refractivity contribution in [2.45, 2.75) is 36.6 Å². The number of hydrogen-bond acceptors (Lipinski definition) is 7. The van der Waals surface area contributed by atoms with Crippen LogP contribution in [0.4, 0.5) is 0 Å². The summed E-state index contributed by atoms with van der Waals surface area (Å²) in [4.78, 5) is 7.25. The van der Waals surface area contributed by atoms with Crippen LogP contribution in [0.2, 0.25) is 0 Å². The van der Waals surface area contributed by atoms with Crippen molar-refractivity contribution in [3.05, 3.63) is 66.9 Å². The predicted octanol–water partition coefficient (Wildman–Crippen LogP) is 4.28. The molecule has 1 atom stereocenters. The third-order valence-electron chi connectivity index (χ3n) is 6.05. The van der Waals surface area contributed by atoms with Crippen LogP contribution in [-0.2, 0) is 10.0 Å². The van der Waals surface area contributed by atoms with Crippen molar-refractivity contribution < 1.29 is 22.6 Å². The smallest absolute Gasteiger partial charge is 0.253 e. The summed E-state index contributed by atoms with van der Waals surface area (Å²) in [7, 11) is -0.736. The van der Waals surface area contributed by atoms with E-state index in [0.29, 0.717) is 24.7 Å². The van der Waals surface area contributed by atoms with E-state index in [2.05, 4.69) is 9.82 Å². The molecular weight excluding hydrogens is 466 g/mol. The van der Waals surface area contributed by atoms with Crippen molar-refractivity contribution in [1.29, 1.82) is 0 Å². The van der Waals surface area contributed by atoms with Gasteiger partial charge in [0.05, 0.1) is 31.4 Å². The number of hydrogen-bond donors (Lipinski definition) is 1. The maximum Gasteiger partial charge on any atom is 0.253 e. The van der Waals surface area contributed by atoms with E-state index in [4.69, 9.17) is 14.2 Å². The van der Waals surface area contributed by atoms with Crippen molar-refractivity contribution in [3.63, 3.8) is 0 Å². The highest BCUT2D eigenvalue weighted by molar-refractivity contribution is 7.89. The molecule has 1 N–H and O–H groups in total. The number of hydrazine groups is 1. The second-order valence-electron chi connectivity index (χ2n) is 8.33. The van der Waals surface area contributed by atoms with Gasteiger partial charge in [0, 0.05) is 30.4 Å². The fourth-order valence-electron chi connectivity index (χ4n) is 4.21. The van der Waals surface area contributed by atoms with Crippen molar-refractivity contribution in [1.82, 2.24) is 14.8 Å². The van der Waals surface area contributed by atoms with Crippen molar-refractivity contribution in [2.24, 2.45) is 0 Å². The Labute approximate surface area is 206 Å². The minimum atomic E-state index is -3.73. The zero-order valence-electron chi connectivity index (χ0n) is 20.0. The van der Waals surface area contributed by atoms with Gasteiger partial charge in [-0.15, -0.1) is 4.83 Å². The standard InChI is InChI=1S/C26H31N3O5S/c1-32-25-15-14-23(19-26(25)33-2)35(30,31)28-29-17-5-7-21(29)8-6-18-34-22-12-10-20(11-13-22)24-9-3-4-16-27-24/h3-4,9-16,19,21,28H,5-8,17-18H2,1-2H3. The minimum Gasteiger partial charge on any atom is -0.494 e. The van der Waals surface area contributed by atoms with Gasteiger partial charge in [0.15, 0.2) is 11.5 Å². The quantitative estimate of drug-likeness (QED) is 0.396. The van der Waals surface area contributed by atoms with Gasteiger partial charge in [0.1, 0.15) is 5.75 Å². The van der Waals surface area contributed by atoms with Crippen LogP contribution in [0, 0.1) is 0 Å². The topological polar surface area (TPSA) is 90.0 Å². The SMILES string of the molecule is COc1ccc(S(=O)(=O)NN2CCCC2CCCOc2ccc(-c3ccccn3)cc2)cc1OC. The Hall–Kier alpha value is -3.14. The highest BCUT2D eigenvalue weighted by Gasteiger charge is 2.29. The summed E-state index contributed by atoms with van der Waals surface area (Å²) in [5, 5.41) is 1.83. The molecule has 3 aromatic rings. The molecule has 1 unspecified atom stereocenters. The highest BCUT2D eigenvalue weighted by Crippen LogP contribution is 2.30. The number of rotatable bonds is 11. The molecule has 0 amide bonds. The number of methoxy groups -OCH3 is 2. The summed E-state index contributed by atoms with van der Waals surface area (Å²) >= 11 is 0. The average Bonchev–Trinajstić information content (AvgIpc) is 3.33. The fourth-order valence-corrected chi connectivity index (χ4v) is 5.38. The minimum absolute atomic E-state index is 0.125. The van der Waals surface area contributed by atoms with E-state index in [9.17, 15) is 8.42 Å². The summed E-state index contributed by atoms with van der Waals surface area (Å²) in [6, 6.07) is 18.4. The molecule has 1 aromatic heterocycles. The monoisotopic (exact) mass is 497 g/mol. The molecule has 0 bridgehead atoms. The fraction of sp³-hybridized carbons (Fsp3) is 0.346. The molecule has 1 saturated heterocycles. The molecule has 1 fully saturated rings. The van der Waals surface area contributed by atoms with E-state index in [0.717, 1.165) is 42.7 Å². The molecule has 4 rings (SSSR count). The summed E-state index contributed by atoms with van der Waals surface area (Å²) < 4.78 is 42.3. The number of pyridine rings is 1. The molecule has 186 valence electrons. The molecule has 0 saturated carbocycles. The van der Waals surface area contributed by atoms with Crippen LogP contribution in [0.5, 0.6) is 17.2 Å². The van der Waals surface area contributed by atoms with Gasteiger partial charge in [-0.25, -0.2) is 13.4 Å². The number of ether oxygens (including phenoxy) is 3. The van der Waals surface area contributed by atoms with E-state index < -0.39 is 10.0 Å². The van der Waals surface area contributed by atoms with Gasteiger partial charge in [-0.3, -0.25) is 4.98 Å². The van der Waals surface area contributed by atoms with Gasteiger partial charge in [-0.2, -0.15) is 0 Å². The lowest BCUT2D eigenvalue weighted by Crippen LogP contribution is -2.45. The largest absolute Gasteiger partial charge is 0.494 e. The lowest BCUT2D eigenvalue weighted by Gasteiger charge is -2.25. The summed E-state index contributed by atoms with van der Waals surface area (Å²) in [6.45, 7) is 1.24. The summed E-state index contributed by atoms with van der Waals surface area (Å²) in [5.74, 6) is 1.66. The Morgan fingerprint density at radius 3 is 2.54 bits per heavy atom. The summed E-state index contributed by atoms with van der Waals surface area (Å²) in [6.07, 6.45) is 5.31. The number of benzene rings is 2. The van der Waals surface area contributed by atoms with E-state index in [1.807, 2.05) is 47.5 Å². The number of sulfonamides is 1. The Bertz CT molecular complexity index is 1200. The molecule has 0 spiro atoms. The molecule has 2 heterocycles. The van der Waals surface area contributed by atoms with E-state index in [-0.39, 0.29) is 10.9 Å². The van der Waals surface area contributed by atoms with Crippen LogP contribution in [-0.4, -0.2) is 51.8 Å². The van der Waals surface area contributed by atoms with Gasteiger partial charge >= 0.3 is 0 Å². The second kappa shape index (κ2) is 11.5. The highest BCUT2D eigenvalue weighted by atomic mass is 32.2. The second-order valence-corrected chi connectivity index (χ2v) is 9.99. The van der Waals surface area contributed by atoms with Gasteiger partial charge in [0.2, 0.25) is 0 Å². The Morgan fingerprint density at radius 1 is 1.03 bits per heavy atom. The van der Waals surface area contributed by atoms with Gasteiger partial charge in [-0.05, 0) is 74.2 Å². The van der Waals surface area contributed by atoms with Crippen LogP contribution in [0.3, 0.4) is 0 Å². The maximum atomic E-state index is 13.0. The third kappa shape index (κ3) is 6.30. The number of nitrogens with zero attached hydrogens (tertiary/aromatic N) is 2. The zero-order valence-corrected chi connectivity index (χ0v) is 20.8. The van der Waals surface area contributed by atoms with Crippen molar-refractivity contribution in [3.8, 4) is 28.5 Å². The summed E-state index contributed by atoms with van der Waals surface area (Å²) in [5.41, 5.74) is 1.97. The van der Waals surface area contributed by atoms with Gasteiger partial charge in [0.25, 0.3) is 10.0 Å². The Balaban J connectivity index is 1.28. The van der Waals surface area contributed by atoms with Crippen LogP contribution >= 0.6 is 0 Å². The molecule has 35 heavy (non-hydrogen) atoms. The van der Waals surface area contributed by atoms with E-state index >= 15 is 0 Å². The average molecular weight is 498 g/mol. The Kier molecular flexibility index (Phi) is 8.22. The van der Waals surface area contributed by atoms with Crippen molar-refractivity contribution in [2.75, 3.05) is 27.4 Å². The molecule has 0 aliphatic carbocycles. The third-order valence-corrected chi connectivity index (χ3v) is 7.39. The normalized spacial score (nSPS) is 16.2. The predicted molar refractivity (Wildman–Crippen MR) is 134 cm³/mol. The lowest BCUT2D eigenvalue weighted by molar-refractivity contribution is 0.197. The molecule has 1 aliphatic heterocycles. The van der Waals surface area contributed by atoms with E-state index in [1.54, 1.807) is 12.3 Å². The molecule has 2 aromatic carbocycles. The van der Waals surface area contributed by atoms with E-state index in [1.165, 1.54) is 26.4 Å². The lowest BCUT2D eigenvalue weighted by atomic mass is 10.1. The van der Waals surface area contributed by atoms with Gasteiger partial charge in [-0.1, -0.05) is 6.07 Å². The molecular formula is C26H31N3O5S. The van der Waals surface area contributed by atoms with Crippen LogP contribution in [0.1, 0.15) is 25.7 Å². The van der Waals surface area contributed by atoms with Crippen molar-refractivity contribution >= 4 is 10.0 Å².